The van der Waals surface area contributed by atoms with E-state index in [2.05, 4.69) is 38.4 Å². The SMILES string of the molecule is CN(C)CCn1ccnc1[C@H]1CCCN(c2ccc(Cl)c(C(=O)O)n2)C1. The third-order valence-corrected chi connectivity index (χ3v) is 4.99. The summed E-state index contributed by atoms with van der Waals surface area (Å²) in [5.74, 6) is 0.933. The minimum absolute atomic E-state index is 0.0984. The van der Waals surface area contributed by atoms with E-state index in [9.17, 15) is 9.90 Å². The first-order valence-electron chi connectivity index (χ1n) is 8.76. The van der Waals surface area contributed by atoms with Crippen molar-refractivity contribution in [2.75, 3.05) is 38.6 Å². The minimum atomic E-state index is -1.11. The Morgan fingerprint density at radius 1 is 1.42 bits per heavy atom. The molecule has 1 aliphatic heterocycles. The Bertz CT molecular complexity index is 777. The molecular weight excluding hydrogens is 354 g/mol. The molecule has 0 bridgehead atoms. The zero-order chi connectivity index (χ0) is 18.7. The molecule has 26 heavy (non-hydrogen) atoms. The zero-order valence-corrected chi connectivity index (χ0v) is 15.9. The Morgan fingerprint density at radius 3 is 2.96 bits per heavy atom. The van der Waals surface area contributed by atoms with Crippen LogP contribution in [0.4, 0.5) is 5.82 Å². The lowest BCUT2D eigenvalue weighted by Crippen LogP contribution is -2.36. The number of anilines is 1. The average Bonchev–Trinajstić information content (AvgIpc) is 3.09. The van der Waals surface area contributed by atoms with Crippen molar-refractivity contribution in [2.24, 2.45) is 0 Å². The highest BCUT2D eigenvalue weighted by atomic mass is 35.5. The highest BCUT2D eigenvalue weighted by Crippen LogP contribution is 2.29. The highest BCUT2D eigenvalue weighted by molar-refractivity contribution is 6.33. The number of hydrogen-bond donors (Lipinski definition) is 1. The molecule has 0 saturated carbocycles. The molecule has 0 radical (unpaired) electrons. The first-order valence-corrected chi connectivity index (χ1v) is 9.14. The number of carbonyl (C=O) groups is 1. The van der Waals surface area contributed by atoms with Crippen LogP contribution in [-0.2, 0) is 6.54 Å². The summed E-state index contributed by atoms with van der Waals surface area (Å²) in [5.41, 5.74) is -0.0984. The van der Waals surface area contributed by atoms with Gasteiger partial charge in [-0.3, -0.25) is 0 Å². The van der Waals surface area contributed by atoms with Crippen LogP contribution >= 0.6 is 11.6 Å². The molecule has 7 nitrogen and oxygen atoms in total. The second-order valence-corrected chi connectivity index (χ2v) is 7.28. The van der Waals surface area contributed by atoms with Crippen molar-refractivity contribution in [1.29, 1.82) is 0 Å². The van der Waals surface area contributed by atoms with Crippen molar-refractivity contribution in [3.05, 3.63) is 41.1 Å². The molecule has 140 valence electrons. The lowest BCUT2D eigenvalue weighted by Gasteiger charge is -2.33. The number of halogens is 1. The van der Waals surface area contributed by atoms with Gasteiger partial charge in [0.15, 0.2) is 5.69 Å². The van der Waals surface area contributed by atoms with Gasteiger partial charge in [-0.15, -0.1) is 0 Å². The van der Waals surface area contributed by atoms with Crippen LogP contribution in [0.5, 0.6) is 0 Å². The van der Waals surface area contributed by atoms with Crippen LogP contribution < -0.4 is 4.90 Å². The Morgan fingerprint density at radius 2 is 2.23 bits per heavy atom. The van der Waals surface area contributed by atoms with Gasteiger partial charge in [-0.05, 0) is 39.1 Å². The number of piperidine rings is 1. The summed E-state index contributed by atoms with van der Waals surface area (Å²) in [5, 5.41) is 9.41. The zero-order valence-electron chi connectivity index (χ0n) is 15.1. The molecule has 1 atom stereocenters. The van der Waals surface area contributed by atoms with Gasteiger partial charge in [0, 0.05) is 44.5 Å². The van der Waals surface area contributed by atoms with E-state index >= 15 is 0 Å². The fraction of sp³-hybridized carbons (Fsp3) is 0.500. The summed E-state index contributed by atoms with van der Waals surface area (Å²) in [6, 6.07) is 3.39. The Kier molecular flexibility index (Phi) is 5.78. The van der Waals surface area contributed by atoms with E-state index in [4.69, 9.17) is 11.6 Å². The number of carboxylic acids is 1. The molecule has 1 saturated heterocycles. The quantitative estimate of drug-likeness (QED) is 0.834. The van der Waals surface area contributed by atoms with E-state index in [0.717, 1.165) is 44.8 Å². The molecule has 0 unspecified atom stereocenters. The van der Waals surface area contributed by atoms with Gasteiger partial charge in [0.05, 0.1) is 5.02 Å². The van der Waals surface area contributed by atoms with Crippen molar-refractivity contribution in [3.63, 3.8) is 0 Å². The first-order chi connectivity index (χ1) is 12.5. The smallest absolute Gasteiger partial charge is 0.356 e. The van der Waals surface area contributed by atoms with Crippen LogP contribution in [0.15, 0.2) is 24.5 Å². The lowest BCUT2D eigenvalue weighted by atomic mass is 9.97. The van der Waals surface area contributed by atoms with E-state index in [1.807, 2.05) is 12.4 Å². The molecular formula is C18H24ClN5O2. The molecule has 2 aromatic heterocycles. The predicted molar refractivity (Wildman–Crippen MR) is 101 cm³/mol. The van der Waals surface area contributed by atoms with Crippen LogP contribution in [0.2, 0.25) is 5.02 Å². The number of nitrogens with zero attached hydrogens (tertiary/aromatic N) is 5. The third-order valence-electron chi connectivity index (χ3n) is 4.68. The number of likely N-dealkylation sites (N-methyl/N-ethyl adjacent to an activating group) is 1. The number of aromatic nitrogens is 3. The summed E-state index contributed by atoms with van der Waals surface area (Å²) in [6.07, 6.45) is 5.96. The van der Waals surface area contributed by atoms with E-state index in [1.165, 1.54) is 0 Å². The van der Waals surface area contributed by atoms with Crippen LogP contribution in [0.1, 0.15) is 35.1 Å². The standard InChI is InChI=1S/C18H24ClN5O2/c1-22(2)10-11-23-9-7-20-17(23)13-4-3-8-24(12-13)15-6-5-14(19)16(21-15)18(25)26/h5-7,9,13H,3-4,8,10-12H2,1-2H3,(H,25,26)/t13-/m0/s1. The molecule has 8 heteroatoms. The van der Waals surface area contributed by atoms with Gasteiger partial charge in [-0.25, -0.2) is 14.8 Å². The molecule has 3 rings (SSSR count). The molecule has 0 spiro atoms. The van der Waals surface area contributed by atoms with Crippen LogP contribution in [0, 0.1) is 0 Å². The summed E-state index contributed by atoms with van der Waals surface area (Å²) >= 11 is 5.94. The molecule has 1 N–H and O–H groups in total. The topological polar surface area (TPSA) is 74.5 Å². The summed E-state index contributed by atoms with van der Waals surface area (Å²) in [6.45, 7) is 3.48. The van der Waals surface area contributed by atoms with Crippen LogP contribution in [0.25, 0.3) is 0 Å². The van der Waals surface area contributed by atoms with E-state index in [1.54, 1.807) is 12.1 Å². The number of carboxylic acid groups (broad SMARTS) is 1. The lowest BCUT2D eigenvalue weighted by molar-refractivity contribution is 0.0691. The minimum Gasteiger partial charge on any atom is -0.476 e. The first kappa shape index (κ1) is 18.7. The van der Waals surface area contributed by atoms with Gasteiger partial charge in [0.1, 0.15) is 11.6 Å². The summed E-state index contributed by atoms with van der Waals surface area (Å²) < 4.78 is 2.21. The molecule has 0 aromatic carbocycles. The molecule has 0 aliphatic carbocycles. The van der Waals surface area contributed by atoms with Gasteiger partial charge in [0.2, 0.25) is 0 Å². The number of imidazole rings is 1. The molecule has 3 heterocycles. The van der Waals surface area contributed by atoms with Crippen molar-refractivity contribution in [1.82, 2.24) is 19.4 Å². The fourth-order valence-electron chi connectivity index (χ4n) is 3.33. The van der Waals surface area contributed by atoms with Crippen molar-refractivity contribution >= 4 is 23.4 Å². The highest BCUT2D eigenvalue weighted by Gasteiger charge is 2.26. The maximum Gasteiger partial charge on any atom is 0.356 e. The average molecular weight is 378 g/mol. The normalized spacial score (nSPS) is 17.7. The molecule has 2 aromatic rings. The van der Waals surface area contributed by atoms with Crippen molar-refractivity contribution < 1.29 is 9.90 Å². The maximum absolute atomic E-state index is 11.3. The Labute approximate surface area is 158 Å². The summed E-state index contributed by atoms with van der Waals surface area (Å²) in [4.78, 5) is 24.4. The van der Waals surface area contributed by atoms with Gasteiger partial charge in [-0.2, -0.15) is 0 Å². The van der Waals surface area contributed by atoms with Crippen LogP contribution in [-0.4, -0.2) is 64.2 Å². The monoisotopic (exact) mass is 377 g/mol. The van der Waals surface area contributed by atoms with Gasteiger partial charge in [0.25, 0.3) is 0 Å². The van der Waals surface area contributed by atoms with E-state index in [0.29, 0.717) is 11.7 Å². The number of pyridine rings is 1. The maximum atomic E-state index is 11.3. The van der Waals surface area contributed by atoms with Crippen molar-refractivity contribution in [2.45, 2.75) is 25.3 Å². The second-order valence-electron chi connectivity index (χ2n) is 6.87. The largest absolute Gasteiger partial charge is 0.476 e. The van der Waals surface area contributed by atoms with Gasteiger partial charge < -0.3 is 19.5 Å². The summed E-state index contributed by atoms with van der Waals surface area (Å²) in [7, 11) is 4.12. The second kappa shape index (κ2) is 8.05. The molecule has 1 fully saturated rings. The van der Waals surface area contributed by atoms with Gasteiger partial charge in [-0.1, -0.05) is 11.6 Å². The molecule has 0 amide bonds. The Hall–Kier alpha value is -2.12. The van der Waals surface area contributed by atoms with E-state index in [-0.39, 0.29) is 10.7 Å². The fourth-order valence-corrected chi connectivity index (χ4v) is 3.52. The van der Waals surface area contributed by atoms with Gasteiger partial charge >= 0.3 is 5.97 Å². The van der Waals surface area contributed by atoms with Crippen LogP contribution in [0.3, 0.4) is 0 Å². The number of rotatable bonds is 6. The third kappa shape index (κ3) is 4.16. The number of hydrogen-bond acceptors (Lipinski definition) is 5. The molecule has 1 aliphatic rings. The Balaban J connectivity index is 1.77. The predicted octanol–water partition coefficient (Wildman–Crippen LogP) is 2.58. The van der Waals surface area contributed by atoms with Crippen molar-refractivity contribution in [3.8, 4) is 0 Å². The van der Waals surface area contributed by atoms with E-state index < -0.39 is 5.97 Å². The number of aromatic carboxylic acids is 1.